The Morgan fingerprint density at radius 1 is 1.29 bits per heavy atom. The Morgan fingerprint density at radius 3 is 2.43 bits per heavy atom. The highest BCUT2D eigenvalue weighted by Gasteiger charge is 2.06. The second-order valence-electron chi connectivity index (χ2n) is 4.28. The number of esters is 1. The normalized spacial score (nSPS) is 12.9. The van der Waals surface area contributed by atoms with Crippen LogP contribution in [0.3, 0.4) is 0 Å². The van der Waals surface area contributed by atoms with Crippen LogP contribution in [0.25, 0.3) is 0 Å². The maximum atomic E-state index is 11.2. The molecule has 0 aromatic carbocycles. The molecule has 0 heterocycles. The van der Waals surface area contributed by atoms with Crippen molar-refractivity contribution in [2.75, 3.05) is 13.2 Å². The van der Waals surface area contributed by atoms with Gasteiger partial charge in [-0.15, -0.1) is 0 Å². The molecule has 0 aliphatic rings. The summed E-state index contributed by atoms with van der Waals surface area (Å²) < 4.78 is 5.07. The first kappa shape index (κ1) is 13.4. The van der Waals surface area contributed by atoms with Crippen molar-refractivity contribution in [1.82, 2.24) is 0 Å². The number of carbonyl (C=O) groups is 1. The van der Waals surface area contributed by atoms with Crippen LogP contribution in [-0.2, 0) is 9.53 Å². The van der Waals surface area contributed by atoms with Crippen LogP contribution in [0, 0.1) is 11.8 Å². The molecule has 0 aliphatic heterocycles. The van der Waals surface area contributed by atoms with Gasteiger partial charge in [0.25, 0.3) is 0 Å². The van der Waals surface area contributed by atoms with Crippen molar-refractivity contribution < 1.29 is 9.53 Å². The Kier molecular flexibility index (Phi) is 7.48. The Morgan fingerprint density at radius 2 is 1.93 bits per heavy atom. The van der Waals surface area contributed by atoms with E-state index in [-0.39, 0.29) is 5.97 Å². The van der Waals surface area contributed by atoms with Crippen molar-refractivity contribution >= 4 is 5.97 Å². The van der Waals surface area contributed by atoms with Gasteiger partial charge in [0.15, 0.2) is 0 Å². The zero-order valence-electron chi connectivity index (χ0n) is 9.58. The highest BCUT2D eigenvalue weighted by atomic mass is 16.5. The predicted octanol–water partition coefficient (Wildman–Crippen LogP) is 1.95. The second kappa shape index (κ2) is 7.80. The molecule has 0 bridgehead atoms. The zero-order chi connectivity index (χ0) is 11.0. The predicted molar refractivity (Wildman–Crippen MR) is 57.9 cm³/mol. The zero-order valence-corrected chi connectivity index (χ0v) is 9.58. The molecule has 0 radical (unpaired) electrons. The van der Waals surface area contributed by atoms with Crippen LogP contribution in [-0.4, -0.2) is 19.1 Å². The van der Waals surface area contributed by atoms with Crippen LogP contribution < -0.4 is 5.73 Å². The first-order valence-corrected chi connectivity index (χ1v) is 5.42. The Hall–Kier alpha value is -0.570. The van der Waals surface area contributed by atoms with Crippen LogP contribution in [0.4, 0.5) is 0 Å². The van der Waals surface area contributed by atoms with Gasteiger partial charge in [0, 0.05) is 6.42 Å². The van der Waals surface area contributed by atoms with Gasteiger partial charge in [-0.25, -0.2) is 0 Å². The van der Waals surface area contributed by atoms with E-state index in [9.17, 15) is 4.79 Å². The molecule has 0 fully saturated rings. The summed E-state index contributed by atoms with van der Waals surface area (Å²) in [4.78, 5) is 11.2. The number of carbonyl (C=O) groups excluding carboxylic acids is 1. The van der Waals surface area contributed by atoms with Gasteiger partial charge in [-0.05, 0) is 31.2 Å². The second-order valence-corrected chi connectivity index (χ2v) is 4.28. The average molecular weight is 201 g/mol. The molecule has 0 amide bonds. The van der Waals surface area contributed by atoms with Crippen LogP contribution >= 0.6 is 0 Å². The summed E-state index contributed by atoms with van der Waals surface area (Å²) in [5.41, 5.74) is 5.45. The lowest BCUT2D eigenvalue weighted by Crippen LogP contribution is -2.14. The lowest BCUT2D eigenvalue weighted by Gasteiger charge is -2.09. The molecule has 1 unspecified atom stereocenters. The minimum Gasteiger partial charge on any atom is -0.466 e. The van der Waals surface area contributed by atoms with Crippen LogP contribution in [0.1, 0.15) is 40.0 Å². The highest BCUT2D eigenvalue weighted by Crippen LogP contribution is 2.05. The fourth-order valence-corrected chi connectivity index (χ4v) is 0.963. The number of nitrogens with two attached hydrogens (primary N) is 1. The van der Waals surface area contributed by atoms with E-state index in [4.69, 9.17) is 10.5 Å². The molecule has 2 N–H and O–H groups in total. The van der Waals surface area contributed by atoms with E-state index >= 15 is 0 Å². The topological polar surface area (TPSA) is 52.3 Å². The molecule has 0 spiro atoms. The Balaban J connectivity index is 3.37. The number of hydrogen-bond acceptors (Lipinski definition) is 3. The van der Waals surface area contributed by atoms with Crippen molar-refractivity contribution in [3.8, 4) is 0 Å². The third-order valence-electron chi connectivity index (χ3n) is 2.20. The van der Waals surface area contributed by atoms with Crippen LogP contribution in [0.15, 0.2) is 0 Å². The Bertz CT molecular complexity index is 157. The standard InChI is InChI=1S/C11H23NO2/c1-9(2)6-7-14-11(13)5-4-10(3)8-12/h9-10H,4-8,12H2,1-3H3. The molecule has 0 aromatic heterocycles. The minimum atomic E-state index is -0.0917. The van der Waals surface area contributed by atoms with Crippen molar-refractivity contribution in [2.45, 2.75) is 40.0 Å². The van der Waals surface area contributed by atoms with Crippen LogP contribution in [0.2, 0.25) is 0 Å². The van der Waals surface area contributed by atoms with Gasteiger partial charge in [-0.2, -0.15) is 0 Å². The third kappa shape index (κ3) is 8.05. The molecule has 0 aliphatic carbocycles. The molecule has 3 nitrogen and oxygen atoms in total. The quantitative estimate of drug-likeness (QED) is 0.640. The molecule has 0 saturated heterocycles. The first-order chi connectivity index (χ1) is 6.56. The maximum absolute atomic E-state index is 11.2. The fraction of sp³-hybridized carbons (Fsp3) is 0.909. The molecule has 84 valence electrons. The molecular formula is C11H23NO2. The van der Waals surface area contributed by atoms with Crippen molar-refractivity contribution in [3.63, 3.8) is 0 Å². The van der Waals surface area contributed by atoms with Gasteiger partial charge in [0.2, 0.25) is 0 Å². The number of ether oxygens (including phenoxy) is 1. The molecule has 14 heavy (non-hydrogen) atoms. The lowest BCUT2D eigenvalue weighted by molar-refractivity contribution is -0.144. The third-order valence-corrected chi connectivity index (χ3v) is 2.20. The highest BCUT2D eigenvalue weighted by molar-refractivity contribution is 5.69. The average Bonchev–Trinajstić information content (AvgIpc) is 2.13. The molecule has 3 heteroatoms. The van der Waals surface area contributed by atoms with Gasteiger partial charge in [-0.3, -0.25) is 4.79 Å². The first-order valence-electron chi connectivity index (χ1n) is 5.42. The van der Waals surface area contributed by atoms with Crippen molar-refractivity contribution in [3.05, 3.63) is 0 Å². The maximum Gasteiger partial charge on any atom is 0.305 e. The SMILES string of the molecule is CC(C)CCOC(=O)CCC(C)CN. The van der Waals surface area contributed by atoms with Crippen molar-refractivity contribution in [2.24, 2.45) is 17.6 Å². The largest absolute Gasteiger partial charge is 0.466 e. The minimum absolute atomic E-state index is 0.0917. The van der Waals surface area contributed by atoms with E-state index in [0.717, 1.165) is 12.8 Å². The monoisotopic (exact) mass is 201 g/mol. The van der Waals surface area contributed by atoms with Gasteiger partial charge < -0.3 is 10.5 Å². The summed E-state index contributed by atoms with van der Waals surface area (Å²) in [7, 11) is 0. The molecular weight excluding hydrogens is 178 g/mol. The molecule has 0 rings (SSSR count). The summed E-state index contributed by atoms with van der Waals surface area (Å²) >= 11 is 0. The van der Waals surface area contributed by atoms with Crippen molar-refractivity contribution in [1.29, 1.82) is 0 Å². The number of hydrogen-bond donors (Lipinski definition) is 1. The summed E-state index contributed by atoms with van der Waals surface area (Å²) in [6.45, 7) is 7.46. The van der Waals surface area contributed by atoms with Crippen LogP contribution in [0.5, 0.6) is 0 Å². The summed E-state index contributed by atoms with van der Waals surface area (Å²) in [6, 6.07) is 0. The van der Waals surface area contributed by atoms with E-state index in [2.05, 4.69) is 13.8 Å². The fourth-order valence-electron chi connectivity index (χ4n) is 0.963. The molecule has 1 atom stereocenters. The number of rotatable bonds is 7. The van der Waals surface area contributed by atoms with E-state index in [0.29, 0.717) is 31.4 Å². The van der Waals surface area contributed by atoms with E-state index in [1.807, 2.05) is 6.92 Å². The Labute approximate surface area is 87.0 Å². The van der Waals surface area contributed by atoms with E-state index in [1.54, 1.807) is 0 Å². The van der Waals surface area contributed by atoms with Gasteiger partial charge in [0.1, 0.15) is 0 Å². The van der Waals surface area contributed by atoms with Gasteiger partial charge in [-0.1, -0.05) is 20.8 Å². The van der Waals surface area contributed by atoms with Gasteiger partial charge in [0.05, 0.1) is 6.61 Å². The molecule has 0 aromatic rings. The van der Waals surface area contributed by atoms with E-state index in [1.165, 1.54) is 0 Å². The lowest BCUT2D eigenvalue weighted by atomic mass is 10.1. The molecule has 0 saturated carbocycles. The summed E-state index contributed by atoms with van der Waals surface area (Å²) in [5, 5.41) is 0. The summed E-state index contributed by atoms with van der Waals surface area (Å²) in [6.07, 6.45) is 2.27. The summed E-state index contributed by atoms with van der Waals surface area (Å²) in [5.74, 6) is 0.907. The van der Waals surface area contributed by atoms with Gasteiger partial charge >= 0.3 is 5.97 Å². The smallest absolute Gasteiger partial charge is 0.305 e. The van der Waals surface area contributed by atoms with E-state index < -0.39 is 0 Å².